The lowest BCUT2D eigenvalue weighted by Gasteiger charge is -2.10. The van der Waals surface area contributed by atoms with Crippen LogP contribution in [0.1, 0.15) is 16.2 Å². The standard InChI is InChI=1S/C12H16N6O/c1-18-7-16-17-11(18)4-5-15-10-6-8(12(14)19)2-3-9(10)13/h2-3,6-7,15H,4-5,13H2,1H3,(H2,14,19). The number of nitrogens with one attached hydrogen (secondary N) is 1. The Kier molecular flexibility index (Phi) is 3.65. The van der Waals surface area contributed by atoms with Crippen LogP contribution < -0.4 is 16.8 Å². The molecule has 0 aliphatic carbocycles. The van der Waals surface area contributed by atoms with E-state index in [0.717, 1.165) is 5.82 Å². The van der Waals surface area contributed by atoms with E-state index in [1.807, 2.05) is 11.6 Å². The summed E-state index contributed by atoms with van der Waals surface area (Å²) in [7, 11) is 1.89. The molecule has 0 atom stereocenters. The van der Waals surface area contributed by atoms with Crippen molar-refractivity contribution in [1.82, 2.24) is 14.8 Å². The number of hydrogen-bond acceptors (Lipinski definition) is 5. The van der Waals surface area contributed by atoms with Gasteiger partial charge in [-0.15, -0.1) is 10.2 Å². The third-order valence-electron chi connectivity index (χ3n) is 2.81. The normalized spacial score (nSPS) is 10.4. The van der Waals surface area contributed by atoms with Crippen LogP contribution in [0.15, 0.2) is 24.5 Å². The van der Waals surface area contributed by atoms with Gasteiger partial charge in [0.1, 0.15) is 12.2 Å². The number of amides is 1. The van der Waals surface area contributed by atoms with Crippen LogP contribution in [-0.4, -0.2) is 27.2 Å². The molecule has 0 aliphatic rings. The number of carbonyl (C=O) groups excluding carboxylic acids is 1. The number of carbonyl (C=O) groups is 1. The van der Waals surface area contributed by atoms with Crippen LogP contribution >= 0.6 is 0 Å². The van der Waals surface area contributed by atoms with Crippen LogP contribution in [0.5, 0.6) is 0 Å². The lowest BCUT2D eigenvalue weighted by Crippen LogP contribution is -2.13. The minimum Gasteiger partial charge on any atom is -0.397 e. The summed E-state index contributed by atoms with van der Waals surface area (Å²) in [5.74, 6) is 0.397. The third kappa shape index (κ3) is 3.01. The minimum atomic E-state index is -0.476. The fourth-order valence-corrected chi connectivity index (χ4v) is 1.71. The van der Waals surface area contributed by atoms with Gasteiger partial charge in [0, 0.05) is 25.6 Å². The molecule has 7 heteroatoms. The first kappa shape index (κ1) is 12.9. The molecule has 1 amide bonds. The van der Waals surface area contributed by atoms with Gasteiger partial charge in [0.2, 0.25) is 5.91 Å². The molecule has 1 aromatic heterocycles. The SMILES string of the molecule is Cn1cnnc1CCNc1cc(C(N)=O)ccc1N. The molecule has 0 radical (unpaired) electrons. The van der Waals surface area contributed by atoms with E-state index in [1.165, 1.54) is 0 Å². The molecule has 2 aromatic rings. The topological polar surface area (TPSA) is 112 Å². The Labute approximate surface area is 110 Å². The van der Waals surface area contributed by atoms with Crippen LogP contribution in [0.4, 0.5) is 11.4 Å². The largest absolute Gasteiger partial charge is 0.397 e. The van der Waals surface area contributed by atoms with E-state index in [0.29, 0.717) is 29.9 Å². The van der Waals surface area contributed by atoms with Gasteiger partial charge in [-0.1, -0.05) is 0 Å². The van der Waals surface area contributed by atoms with Crippen molar-refractivity contribution in [2.75, 3.05) is 17.6 Å². The average Bonchev–Trinajstić information content (AvgIpc) is 2.77. The molecule has 0 fully saturated rings. The van der Waals surface area contributed by atoms with Gasteiger partial charge in [0.25, 0.3) is 0 Å². The second-order valence-corrected chi connectivity index (χ2v) is 4.20. The zero-order valence-corrected chi connectivity index (χ0v) is 10.6. The van der Waals surface area contributed by atoms with Crippen molar-refractivity contribution in [2.45, 2.75) is 6.42 Å². The van der Waals surface area contributed by atoms with Crippen molar-refractivity contribution in [2.24, 2.45) is 12.8 Å². The summed E-state index contributed by atoms with van der Waals surface area (Å²) >= 11 is 0. The molecule has 0 spiro atoms. The van der Waals surface area contributed by atoms with E-state index in [9.17, 15) is 4.79 Å². The first-order valence-electron chi connectivity index (χ1n) is 5.84. The van der Waals surface area contributed by atoms with Crippen LogP contribution in [-0.2, 0) is 13.5 Å². The smallest absolute Gasteiger partial charge is 0.248 e. The Balaban J connectivity index is 2.01. The third-order valence-corrected chi connectivity index (χ3v) is 2.81. The predicted octanol–water partition coefficient (Wildman–Crippen LogP) is 0.151. The van der Waals surface area contributed by atoms with Gasteiger partial charge in [-0.2, -0.15) is 0 Å². The summed E-state index contributed by atoms with van der Waals surface area (Å²) < 4.78 is 1.85. The summed E-state index contributed by atoms with van der Waals surface area (Å²) in [5, 5.41) is 10.9. The Morgan fingerprint density at radius 2 is 2.26 bits per heavy atom. The van der Waals surface area contributed by atoms with Gasteiger partial charge in [0.05, 0.1) is 11.4 Å². The lowest BCUT2D eigenvalue weighted by atomic mass is 10.1. The second-order valence-electron chi connectivity index (χ2n) is 4.20. The number of nitrogen functional groups attached to an aromatic ring is 1. The summed E-state index contributed by atoms with van der Waals surface area (Å²) in [6, 6.07) is 4.91. The van der Waals surface area contributed by atoms with Crippen molar-refractivity contribution in [3.05, 3.63) is 35.9 Å². The lowest BCUT2D eigenvalue weighted by molar-refractivity contribution is 0.100. The van der Waals surface area contributed by atoms with Crippen molar-refractivity contribution in [3.63, 3.8) is 0 Å². The van der Waals surface area contributed by atoms with Gasteiger partial charge < -0.3 is 21.4 Å². The Bertz CT molecular complexity index is 592. The minimum absolute atomic E-state index is 0.426. The highest BCUT2D eigenvalue weighted by atomic mass is 16.1. The highest BCUT2D eigenvalue weighted by Crippen LogP contribution is 2.19. The van der Waals surface area contributed by atoms with Crippen LogP contribution in [0, 0.1) is 0 Å². The number of aryl methyl sites for hydroxylation is 1. The van der Waals surface area contributed by atoms with Gasteiger partial charge >= 0.3 is 0 Å². The maximum Gasteiger partial charge on any atom is 0.248 e. The van der Waals surface area contributed by atoms with Crippen LogP contribution in [0.2, 0.25) is 0 Å². The fraction of sp³-hybridized carbons (Fsp3) is 0.250. The van der Waals surface area contributed by atoms with Crippen LogP contribution in [0.25, 0.3) is 0 Å². The Morgan fingerprint density at radius 3 is 2.89 bits per heavy atom. The Hall–Kier alpha value is -2.57. The van der Waals surface area contributed by atoms with E-state index >= 15 is 0 Å². The van der Waals surface area contributed by atoms with Gasteiger partial charge in [-0.05, 0) is 18.2 Å². The number of nitrogens with two attached hydrogens (primary N) is 2. The molecule has 1 heterocycles. The van der Waals surface area contributed by atoms with Crippen molar-refractivity contribution in [1.29, 1.82) is 0 Å². The summed E-state index contributed by atoms with van der Waals surface area (Å²) in [4.78, 5) is 11.1. The molecule has 19 heavy (non-hydrogen) atoms. The zero-order valence-electron chi connectivity index (χ0n) is 10.6. The maximum atomic E-state index is 11.1. The highest BCUT2D eigenvalue weighted by Gasteiger charge is 2.06. The predicted molar refractivity (Wildman–Crippen MR) is 72.6 cm³/mol. The molecule has 0 saturated heterocycles. The molecule has 7 nitrogen and oxygen atoms in total. The molecule has 5 N–H and O–H groups in total. The molecule has 0 unspecified atom stereocenters. The van der Waals surface area contributed by atoms with Crippen LogP contribution in [0.3, 0.4) is 0 Å². The number of nitrogens with zero attached hydrogens (tertiary/aromatic N) is 3. The quantitative estimate of drug-likeness (QED) is 0.662. The Morgan fingerprint density at radius 1 is 1.47 bits per heavy atom. The number of aromatic nitrogens is 3. The van der Waals surface area contributed by atoms with E-state index in [1.54, 1.807) is 24.5 Å². The number of primary amides is 1. The molecule has 1 aromatic carbocycles. The van der Waals surface area contributed by atoms with E-state index in [-0.39, 0.29) is 0 Å². The van der Waals surface area contributed by atoms with Crippen molar-refractivity contribution >= 4 is 17.3 Å². The monoisotopic (exact) mass is 260 g/mol. The molecular formula is C12H16N6O. The summed E-state index contributed by atoms with van der Waals surface area (Å²) in [6.07, 6.45) is 2.36. The van der Waals surface area contributed by atoms with Gasteiger partial charge in [-0.3, -0.25) is 4.79 Å². The maximum absolute atomic E-state index is 11.1. The van der Waals surface area contributed by atoms with Crippen molar-refractivity contribution in [3.8, 4) is 0 Å². The summed E-state index contributed by atoms with van der Waals surface area (Å²) in [6.45, 7) is 0.638. The molecule has 2 rings (SSSR count). The highest BCUT2D eigenvalue weighted by molar-refractivity contribution is 5.94. The number of benzene rings is 1. The van der Waals surface area contributed by atoms with E-state index in [4.69, 9.17) is 11.5 Å². The zero-order chi connectivity index (χ0) is 13.8. The van der Waals surface area contributed by atoms with Gasteiger partial charge in [0.15, 0.2) is 0 Å². The number of hydrogen-bond donors (Lipinski definition) is 3. The van der Waals surface area contributed by atoms with E-state index in [2.05, 4.69) is 15.5 Å². The first-order valence-corrected chi connectivity index (χ1v) is 5.84. The first-order chi connectivity index (χ1) is 9.08. The second kappa shape index (κ2) is 5.38. The fourth-order valence-electron chi connectivity index (χ4n) is 1.71. The molecular weight excluding hydrogens is 244 g/mol. The average molecular weight is 260 g/mol. The number of rotatable bonds is 5. The van der Waals surface area contributed by atoms with Gasteiger partial charge in [-0.25, -0.2) is 0 Å². The molecule has 0 aliphatic heterocycles. The molecule has 0 saturated carbocycles. The summed E-state index contributed by atoms with van der Waals surface area (Å²) in [5.41, 5.74) is 12.8. The molecule has 100 valence electrons. The van der Waals surface area contributed by atoms with Crippen molar-refractivity contribution < 1.29 is 4.79 Å². The molecule has 0 bridgehead atoms. The van der Waals surface area contributed by atoms with E-state index < -0.39 is 5.91 Å². The number of anilines is 2.